The largest absolute Gasteiger partial charge is 0.468 e. The van der Waals surface area contributed by atoms with E-state index in [1.165, 1.54) is 0 Å². The van der Waals surface area contributed by atoms with Crippen molar-refractivity contribution >= 4 is 0 Å². The van der Waals surface area contributed by atoms with Crippen LogP contribution in [0.15, 0.2) is 22.8 Å². The van der Waals surface area contributed by atoms with Crippen molar-refractivity contribution in [3.8, 4) is 0 Å². The third kappa shape index (κ3) is 2.19. The van der Waals surface area contributed by atoms with Gasteiger partial charge in [0.25, 0.3) is 0 Å². The lowest BCUT2D eigenvalue weighted by Crippen LogP contribution is -2.37. The molecule has 0 bridgehead atoms. The second kappa shape index (κ2) is 4.57. The molecule has 6 nitrogen and oxygen atoms in total. The van der Waals surface area contributed by atoms with Crippen LogP contribution in [0, 0.1) is 0 Å². The van der Waals surface area contributed by atoms with E-state index in [1.807, 2.05) is 19.9 Å². The van der Waals surface area contributed by atoms with Gasteiger partial charge < -0.3 is 29.1 Å². The molecule has 19 heavy (non-hydrogen) atoms. The van der Waals surface area contributed by atoms with Gasteiger partial charge in [-0.3, -0.25) is 0 Å². The van der Waals surface area contributed by atoms with Gasteiger partial charge in [-0.25, -0.2) is 0 Å². The Kier molecular flexibility index (Phi) is 3.15. The van der Waals surface area contributed by atoms with Gasteiger partial charge in [-0.05, 0) is 26.0 Å². The van der Waals surface area contributed by atoms with Gasteiger partial charge in [0.05, 0.1) is 12.3 Å². The first-order chi connectivity index (χ1) is 9.02. The molecule has 0 unspecified atom stereocenters. The summed E-state index contributed by atoms with van der Waals surface area (Å²) in [5.74, 6) is 0.00521. The number of hydrogen-bond donors (Lipinski definition) is 1. The highest BCUT2D eigenvalue weighted by atomic mass is 16.8. The lowest BCUT2D eigenvalue weighted by molar-refractivity contribution is -0.229. The Morgan fingerprint density at radius 1 is 1.32 bits per heavy atom. The number of rotatable bonds is 3. The Bertz CT molecular complexity index is 432. The molecule has 1 aromatic rings. The summed E-state index contributed by atoms with van der Waals surface area (Å²) >= 11 is 0. The second-order valence-corrected chi connectivity index (χ2v) is 5.31. The molecule has 106 valence electrons. The standard InChI is InChI=1S/C13H19NO5/c1-13(2)18-10-9(8(14)7-5-4-6-16-7)17-12(15-3)11(10)19-13/h4-6,8-12H,14H2,1-3H3/t8-,9+,10-,11-,12-/m0/s1. The van der Waals surface area contributed by atoms with Gasteiger partial charge in [0.2, 0.25) is 0 Å². The summed E-state index contributed by atoms with van der Waals surface area (Å²) in [6.45, 7) is 3.74. The fourth-order valence-electron chi connectivity index (χ4n) is 2.71. The summed E-state index contributed by atoms with van der Waals surface area (Å²) in [5, 5.41) is 0. The van der Waals surface area contributed by atoms with Crippen molar-refractivity contribution in [3.63, 3.8) is 0 Å². The molecule has 0 saturated carbocycles. The molecule has 0 spiro atoms. The van der Waals surface area contributed by atoms with E-state index in [9.17, 15) is 0 Å². The van der Waals surface area contributed by atoms with Gasteiger partial charge in [-0.15, -0.1) is 0 Å². The summed E-state index contributed by atoms with van der Waals surface area (Å²) in [6, 6.07) is 3.20. The van der Waals surface area contributed by atoms with Crippen molar-refractivity contribution in [2.45, 2.75) is 50.3 Å². The number of furan rings is 1. The molecule has 6 heteroatoms. The van der Waals surface area contributed by atoms with Crippen LogP contribution in [-0.4, -0.2) is 37.5 Å². The molecule has 0 aliphatic carbocycles. The van der Waals surface area contributed by atoms with E-state index in [1.54, 1.807) is 19.4 Å². The number of ether oxygens (including phenoxy) is 4. The summed E-state index contributed by atoms with van der Waals surface area (Å²) in [7, 11) is 1.58. The zero-order valence-corrected chi connectivity index (χ0v) is 11.2. The van der Waals surface area contributed by atoms with Gasteiger partial charge in [-0.1, -0.05) is 0 Å². The molecule has 2 aliphatic rings. The molecule has 2 N–H and O–H groups in total. The Hall–Kier alpha value is -0.920. The highest BCUT2D eigenvalue weighted by Crippen LogP contribution is 2.42. The Labute approximate surface area is 111 Å². The van der Waals surface area contributed by atoms with Crippen LogP contribution in [0.2, 0.25) is 0 Å². The van der Waals surface area contributed by atoms with E-state index in [-0.39, 0.29) is 18.3 Å². The monoisotopic (exact) mass is 269 g/mol. The number of fused-ring (bicyclic) bond motifs is 1. The van der Waals surface area contributed by atoms with Crippen molar-refractivity contribution < 1.29 is 23.4 Å². The minimum Gasteiger partial charge on any atom is -0.468 e. The molecular formula is C13H19NO5. The Morgan fingerprint density at radius 3 is 2.68 bits per heavy atom. The van der Waals surface area contributed by atoms with Crippen LogP contribution >= 0.6 is 0 Å². The molecule has 2 saturated heterocycles. The molecule has 3 heterocycles. The van der Waals surface area contributed by atoms with E-state index in [0.717, 1.165) is 0 Å². The zero-order valence-electron chi connectivity index (χ0n) is 11.2. The minimum atomic E-state index is -0.656. The summed E-state index contributed by atoms with van der Waals surface area (Å²) < 4.78 is 28.1. The Balaban J connectivity index is 1.83. The van der Waals surface area contributed by atoms with Gasteiger partial charge in [-0.2, -0.15) is 0 Å². The first-order valence-electron chi connectivity index (χ1n) is 6.35. The van der Waals surface area contributed by atoms with Crippen molar-refractivity contribution in [1.82, 2.24) is 0 Å². The molecule has 0 amide bonds. The summed E-state index contributed by atoms with van der Waals surface area (Å²) in [5.41, 5.74) is 6.20. The third-order valence-electron chi connectivity index (χ3n) is 3.50. The molecule has 0 radical (unpaired) electrons. The van der Waals surface area contributed by atoms with E-state index in [2.05, 4.69) is 0 Å². The van der Waals surface area contributed by atoms with Crippen molar-refractivity contribution in [1.29, 1.82) is 0 Å². The molecule has 5 atom stereocenters. The van der Waals surface area contributed by atoms with Gasteiger partial charge in [0.1, 0.15) is 24.1 Å². The summed E-state index contributed by atoms with van der Waals surface area (Å²) in [6.07, 6.45) is 0.220. The van der Waals surface area contributed by atoms with Crippen LogP contribution in [0.25, 0.3) is 0 Å². The van der Waals surface area contributed by atoms with Crippen molar-refractivity contribution in [2.75, 3.05) is 7.11 Å². The van der Waals surface area contributed by atoms with Crippen LogP contribution in [0.4, 0.5) is 0 Å². The molecule has 1 aromatic heterocycles. The molecule has 0 aromatic carbocycles. The minimum absolute atomic E-state index is 0.264. The first kappa shape index (κ1) is 13.1. The number of methoxy groups -OCH3 is 1. The van der Waals surface area contributed by atoms with E-state index < -0.39 is 18.1 Å². The lowest BCUT2D eigenvalue weighted by Gasteiger charge is -2.25. The first-order valence-corrected chi connectivity index (χ1v) is 6.35. The zero-order chi connectivity index (χ0) is 13.6. The molecular weight excluding hydrogens is 250 g/mol. The van der Waals surface area contributed by atoms with Crippen molar-refractivity contribution in [2.24, 2.45) is 5.73 Å². The van der Waals surface area contributed by atoms with E-state index in [4.69, 9.17) is 29.1 Å². The summed E-state index contributed by atoms with van der Waals surface area (Å²) in [4.78, 5) is 0. The van der Waals surface area contributed by atoms with Crippen LogP contribution < -0.4 is 5.73 Å². The highest BCUT2D eigenvalue weighted by molar-refractivity contribution is 5.10. The smallest absolute Gasteiger partial charge is 0.186 e. The second-order valence-electron chi connectivity index (χ2n) is 5.31. The van der Waals surface area contributed by atoms with E-state index >= 15 is 0 Å². The predicted octanol–water partition coefficient (Wildman–Crippen LogP) is 1.17. The van der Waals surface area contributed by atoms with Crippen LogP contribution in [-0.2, 0) is 18.9 Å². The molecule has 2 fully saturated rings. The molecule has 3 rings (SSSR count). The quantitative estimate of drug-likeness (QED) is 0.887. The maximum atomic E-state index is 6.20. The number of hydrogen-bond acceptors (Lipinski definition) is 6. The number of nitrogens with two attached hydrogens (primary N) is 1. The van der Waals surface area contributed by atoms with Gasteiger partial charge >= 0.3 is 0 Å². The predicted molar refractivity (Wildman–Crippen MR) is 65.1 cm³/mol. The van der Waals surface area contributed by atoms with Crippen LogP contribution in [0.3, 0.4) is 0 Å². The molecule has 2 aliphatic heterocycles. The normalized spacial score (nSPS) is 38.3. The maximum absolute atomic E-state index is 6.20. The highest BCUT2D eigenvalue weighted by Gasteiger charge is 2.57. The average molecular weight is 269 g/mol. The maximum Gasteiger partial charge on any atom is 0.186 e. The van der Waals surface area contributed by atoms with E-state index in [0.29, 0.717) is 5.76 Å². The van der Waals surface area contributed by atoms with Gasteiger partial charge in [0.15, 0.2) is 12.1 Å². The van der Waals surface area contributed by atoms with Crippen molar-refractivity contribution in [3.05, 3.63) is 24.2 Å². The van der Waals surface area contributed by atoms with Gasteiger partial charge in [0, 0.05) is 7.11 Å². The van der Waals surface area contributed by atoms with Crippen LogP contribution in [0.1, 0.15) is 25.6 Å². The third-order valence-corrected chi connectivity index (χ3v) is 3.50. The lowest BCUT2D eigenvalue weighted by atomic mass is 10.0. The van der Waals surface area contributed by atoms with Crippen LogP contribution in [0.5, 0.6) is 0 Å². The Morgan fingerprint density at radius 2 is 2.05 bits per heavy atom. The topological polar surface area (TPSA) is 76.1 Å². The fraction of sp³-hybridized carbons (Fsp3) is 0.692. The average Bonchev–Trinajstić information content (AvgIpc) is 3.02. The fourth-order valence-corrected chi connectivity index (χ4v) is 2.71. The SMILES string of the molecule is CO[C@H]1O[C@H]([C@@H](N)c2ccco2)[C@@H]2OC(C)(C)O[C@H]12.